The van der Waals surface area contributed by atoms with E-state index in [2.05, 4.69) is 19.9 Å². The molecule has 0 unspecified atom stereocenters. The van der Waals surface area contributed by atoms with Crippen LogP contribution in [-0.2, 0) is 9.53 Å². The van der Waals surface area contributed by atoms with Crippen LogP contribution in [0.3, 0.4) is 0 Å². The topological polar surface area (TPSA) is 26.3 Å². The number of carbonyl (C=O) groups is 1. The molecule has 0 bridgehead atoms. The summed E-state index contributed by atoms with van der Waals surface area (Å²) in [6.07, 6.45) is 20.8. The Hall–Kier alpha value is -0.790. The lowest BCUT2D eigenvalue weighted by Gasteiger charge is -2.06. The quantitative estimate of drug-likeness (QED) is 0.174. The summed E-state index contributed by atoms with van der Waals surface area (Å²) in [7, 11) is 1.49. The molecule has 0 spiro atoms. The van der Waals surface area contributed by atoms with E-state index in [4.69, 9.17) is 4.74 Å². The van der Waals surface area contributed by atoms with Gasteiger partial charge in [-0.3, -0.25) is 0 Å². The van der Waals surface area contributed by atoms with Crippen molar-refractivity contribution in [2.45, 2.75) is 110 Å². The summed E-state index contributed by atoms with van der Waals surface area (Å²) in [5.74, 6) is -0.124. The van der Waals surface area contributed by atoms with Crippen LogP contribution in [0.2, 0.25) is 0 Å². The third-order valence-corrected chi connectivity index (χ3v) is 4.45. The van der Waals surface area contributed by atoms with Gasteiger partial charge in [0.2, 0.25) is 0 Å². The van der Waals surface area contributed by atoms with E-state index >= 15 is 0 Å². The van der Waals surface area contributed by atoms with Crippen LogP contribution in [0, 0.1) is 0 Å². The summed E-state index contributed by atoms with van der Waals surface area (Å²) in [5, 5.41) is 0. The number of allylic oxidation sites excluding steroid dienone is 1. The van der Waals surface area contributed by atoms with Crippen molar-refractivity contribution < 1.29 is 9.53 Å². The standard InChI is InChI=1S/C21H40O2/c1-4-6-8-10-12-13-15-17-19-20(21(22)23-3)18-16-14-11-9-7-5-2/h19H,4-18H2,1-3H3. The van der Waals surface area contributed by atoms with Gasteiger partial charge < -0.3 is 4.74 Å². The molecule has 0 fully saturated rings. The Balaban J connectivity index is 3.83. The van der Waals surface area contributed by atoms with E-state index in [9.17, 15) is 4.79 Å². The van der Waals surface area contributed by atoms with Gasteiger partial charge >= 0.3 is 5.97 Å². The van der Waals surface area contributed by atoms with E-state index in [1.165, 1.54) is 84.2 Å². The van der Waals surface area contributed by atoms with Crippen molar-refractivity contribution in [3.63, 3.8) is 0 Å². The van der Waals surface area contributed by atoms with Gasteiger partial charge in [-0.15, -0.1) is 0 Å². The second kappa shape index (κ2) is 17.6. The molecule has 0 aliphatic heterocycles. The van der Waals surface area contributed by atoms with E-state index < -0.39 is 0 Å². The number of hydrogen-bond acceptors (Lipinski definition) is 2. The summed E-state index contributed by atoms with van der Waals surface area (Å²) in [6.45, 7) is 4.49. The molecule has 0 saturated carbocycles. The van der Waals surface area contributed by atoms with Crippen molar-refractivity contribution in [1.82, 2.24) is 0 Å². The zero-order chi connectivity index (χ0) is 17.2. The van der Waals surface area contributed by atoms with Crippen LogP contribution in [0.5, 0.6) is 0 Å². The molecule has 2 heteroatoms. The monoisotopic (exact) mass is 324 g/mol. The van der Waals surface area contributed by atoms with Crippen molar-refractivity contribution in [2.24, 2.45) is 0 Å². The van der Waals surface area contributed by atoms with Gasteiger partial charge in [0.1, 0.15) is 0 Å². The first kappa shape index (κ1) is 22.2. The normalized spacial score (nSPS) is 11.7. The Morgan fingerprint density at radius 1 is 0.739 bits per heavy atom. The Labute approximate surface area is 145 Å². The molecule has 0 radical (unpaired) electrons. The van der Waals surface area contributed by atoms with Crippen molar-refractivity contribution in [1.29, 1.82) is 0 Å². The molecular weight excluding hydrogens is 284 g/mol. The molecule has 0 saturated heterocycles. The molecule has 0 rings (SSSR count). The third kappa shape index (κ3) is 14.5. The lowest BCUT2D eigenvalue weighted by Crippen LogP contribution is -2.05. The first-order valence-corrected chi connectivity index (χ1v) is 10.0. The molecule has 0 amide bonds. The first-order chi connectivity index (χ1) is 11.3. The van der Waals surface area contributed by atoms with E-state index in [1.54, 1.807) is 0 Å². The lowest BCUT2D eigenvalue weighted by molar-refractivity contribution is -0.136. The smallest absolute Gasteiger partial charge is 0.333 e. The van der Waals surface area contributed by atoms with Gasteiger partial charge in [0.05, 0.1) is 7.11 Å². The van der Waals surface area contributed by atoms with Crippen LogP contribution in [0.4, 0.5) is 0 Å². The minimum atomic E-state index is -0.124. The van der Waals surface area contributed by atoms with Gasteiger partial charge in [-0.2, -0.15) is 0 Å². The van der Waals surface area contributed by atoms with Gasteiger partial charge in [-0.25, -0.2) is 4.79 Å². The fraction of sp³-hybridized carbons (Fsp3) is 0.857. The highest BCUT2D eigenvalue weighted by molar-refractivity contribution is 5.88. The Bertz CT molecular complexity index is 294. The number of carbonyl (C=O) groups excluding carboxylic acids is 1. The second-order valence-corrected chi connectivity index (χ2v) is 6.65. The summed E-state index contributed by atoms with van der Waals surface area (Å²) < 4.78 is 4.92. The highest BCUT2D eigenvalue weighted by Gasteiger charge is 2.08. The van der Waals surface area contributed by atoms with Gasteiger partial charge in [0, 0.05) is 5.57 Å². The largest absolute Gasteiger partial charge is 0.466 e. The van der Waals surface area contributed by atoms with Crippen molar-refractivity contribution in [3.05, 3.63) is 11.6 Å². The number of hydrogen-bond donors (Lipinski definition) is 0. The van der Waals surface area contributed by atoms with E-state index in [1.807, 2.05) is 0 Å². The average molecular weight is 325 g/mol. The molecule has 0 aliphatic carbocycles. The Kier molecular flexibility index (Phi) is 17.0. The average Bonchev–Trinajstić information content (AvgIpc) is 2.57. The SMILES string of the molecule is CCCCCCCCCC=C(CCCCCCCC)C(=O)OC. The van der Waals surface area contributed by atoms with Gasteiger partial charge in [-0.1, -0.05) is 90.6 Å². The van der Waals surface area contributed by atoms with Crippen molar-refractivity contribution in [2.75, 3.05) is 7.11 Å². The van der Waals surface area contributed by atoms with Crippen LogP contribution < -0.4 is 0 Å². The number of unbranched alkanes of at least 4 members (excludes halogenated alkanes) is 12. The molecule has 0 aromatic rings. The number of methoxy groups -OCH3 is 1. The summed E-state index contributed by atoms with van der Waals surface area (Å²) in [4.78, 5) is 11.8. The Morgan fingerprint density at radius 3 is 1.74 bits per heavy atom. The molecule has 0 N–H and O–H groups in total. The molecule has 0 aromatic carbocycles. The molecule has 0 aromatic heterocycles. The molecule has 136 valence electrons. The Morgan fingerprint density at radius 2 is 1.22 bits per heavy atom. The molecule has 0 aliphatic rings. The molecule has 0 heterocycles. The van der Waals surface area contributed by atoms with E-state index in [0.29, 0.717) is 0 Å². The van der Waals surface area contributed by atoms with Gasteiger partial charge in [0.15, 0.2) is 0 Å². The van der Waals surface area contributed by atoms with E-state index in [0.717, 1.165) is 24.8 Å². The molecule has 23 heavy (non-hydrogen) atoms. The second-order valence-electron chi connectivity index (χ2n) is 6.65. The summed E-state index contributed by atoms with van der Waals surface area (Å²) in [5.41, 5.74) is 0.897. The number of rotatable bonds is 16. The summed E-state index contributed by atoms with van der Waals surface area (Å²) >= 11 is 0. The van der Waals surface area contributed by atoms with Crippen molar-refractivity contribution in [3.8, 4) is 0 Å². The zero-order valence-corrected chi connectivity index (χ0v) is 16.0. The van der Waals surface area contributed by atoms with Crippen LogP contribution >= 0.6 is 0 Å². The highest BCUT2D eigenvalue weighted by Crippen LogP contribution is 2.15. The van der Waals surface area contributed by atoms with Crippen LogP contribution in [0.1, 0.15) is 110 Å². The minimum Gasteiger partial charge on any atom is -0.466 e. The van der Waals surface area contributed by atoms with Gasteiger partial charge in [0.25, 0.3) is 0 Å². The minimum absolute atomic E-state index is 0.124. The lowest BCUT2D eigenvalue weighted by atomic mass is 10.0. The number of ether oxygens (including phenoxy) is 1. The summed E-state index contributed by atoms with van der Waals surface area (Å²) in [6, 6.07) is 0. The van der Waals surface area contributed by atoms with Crippen LogP contribution in [0.15, 0.2) is 11.6 Å². The highest BCUT2D eigenvalue weighted by atomic mass is 16.5. The van der Waals surface area contributed by atoms with Gasteiger partial charge in [-0.05, 0) is 25.7 Å². The predicted molar refractivity (Wildman–Crippen MR) is 101 cm³/mol. The molecular formula is C21H40O2. The first-order valence-electron chi connectivity index (χ1n) is 10.0. The fourth-order valence-electron chi connectivity index (χ4n) is 2.89. The third-order valence-electron chi connectivity index (χ3n) is 4.45. The number of esters is 1. The van der Waals surface area contributed by atoms with Crippen LogP contribution in [-0.4, -0.2) is 13.1 Å². The molecule has 0 atom stereocenters. The van der Waals surface area contributed by atoms with E-state index in [-0.39, 0.29) is 5.97 Å². The predicted octanol–water partition coefficient (Wildman–Crippen LogP) is 6.98. The maximum Gasteiger partial charge on any atom is 0.333 e. The zero-order valence-electron chi connectivity index (χ0n) is 16.0. The fourth-order valence-corrected chi connectivity index (χ4v) is 2.89. The van der Waals surface area contributed by atoms with Crippen LogP contribution in [0.25, 0.3) is 0 Å². The molecule has 2 nitrogen and oxygen atoms in total. The maximum absolute atomic E-state index is 11.8. The maximum atomic E-state index is 11.8. The van der Waals surface area contributed by atoms with Crippen molar-refractivity contribution >= 4 is 5.97 Å².